The third-order valence-corrected chi connectivity index (χ3v) is 2.38. The number of nitrogens with zero attached hydrogens (tertiary/aromatic N) is 2. The van der Waals surface area contributed by atoms with Crippen molar-refractivity contribution in [2.45, 2.75) is 6.92 Å². The summed E-state index contributed by atoms with van der Waals surface area (Å²) in [5, 5.41) is 0. The van der Waals surface area contributed by atoms with Crippen LogP contribution in [0.3, 0.4) is 0 Å². The molecule has 0 bridgehead atoms. The summed E-state index contributed by atoms with van der Waals surface area (Å²) in [5.74, 6) is 6.14. The zero-order valence-electron chi connectivity index (χ0n) is 8.20. The smallest absolute Gasteiger partial charge is 0.213 e. The molecule has 4 heteroatoms. The lowest BCUT2D eigenvalue weighted by Crippen LogP contribution is -2.42. The van der Waals surface area contributed by atoms with Crippen LogP contribution in [0.15, 0.2) is 29.3 Å². The van der Waals surface area contributed by atoms with Gasteiger partial charge in [0.25, 0.3) is 0 Å². The minimum atomic E-state index is 0.749. The largest absolute Gasteiger partial charge is 0.310 e. The molecule has 0 saturated carbocycles. The molecule has 2 rings (SSSR count). The van der Waals surface area contributed by atoms with Crippen LogP contribution in [0.25, 0.3) is 0 Å². The Morgan fingerprint density at radius 2 is 2.21 bits per heavy atom. The molecule has 0 spiro atoms. The number of hydrazine groups is 1. The summed E-state index contributed by atoms with van der Waals surface area (Å²) in [6, 6.07) is 8.21. The van der Waals surface area contributed by atoms with Gasteiger partial charge in [-0.05, 0) is 18.6 Å². The fraction of sp³-hybridized carbons (Fsp3) is 0.300. The average Bonchev–Trinajstić information content (AvgIpc) is 2.66. The molecular formula is C10H14N4. The predicted molar refractivity (Wildman–Crippen MR) is 58.2 cm³/mol. The fourth-order valence-corrected chi connectivity index (χ4v) is 1.67. The van der Waals surface area contributed by atoms with Crippen molar-refractivity contribution in [1.29, 1.82) is 0 Å². The Morgan fingerprint density at radius 1 is 1.43 bits per heavy atom. The molecule has 1 heterocycles. The van der Waals surface area contributed by atoms with Crippen LogP contribution in [0.2, 0.25) is 0 Å². The maximum Gasteiger partial charge on any atom is 0.213 e. The maximum absolute atomic E-state index is 5.39. The Hall–Kier alpha value is -1.55. The molecule has 0 amide bonds. The van der Waals surface area contributed by atoms with Crippen molar-refractivity contribution in [2.75, 3.05) is 18.0 Å². The second-order valence-electron chi connectivity index (χ2n) is 3.29. The van der Waals surface area contributed by atoms with Gasteiger partial charge in [-0.2, -0.15) is 0 Å². The summed E-state index contributed by atoms with van der Waals surface area (Å²) >= 11 is 0. The Balaban J connectivity index is 2.32. The summed E-state index contributed by atoms with van der Waals surface area (Å²) in [6.45, 7) is 3.78. The number of nitrogens with one attached hydrogen (secondary N) is 1. The third kappa shape index (κ3) is 1.44. The normalized spacial score (nSPS) is 15.6. The van der Waals surface area contributed by atoms with E-state index < -0.39 is 0 Å². The number of benzene rings is 1. The van der Waals surface area contributed by atoms with Gasteiger partial charge in [-0.3, -0.25) is 5.43 Å². The average molecular weight is 190 g/mol. The maximum atomic E-state index is 5.39. The van der Waals surface area contributed by atoms with Gasteiger partial charge < -0.3 is 4.90 Å². The second kappa shape index (κ2) is 3.67. The SMILES string of the molecule is Cc1ccccc1N1CCN=C1NN. The van der Waals surface area contributed by atoms with Crippen LogP contribution in [0.4, 0.5) is 5.69 Å². The van der Waals surface area contributed by atoms with Gasteiger partial charge in [0.2, 0.25) is 5.96 Å². The van der Waals surface area contributed by atoms with Crippen LogP contribution in [0.1, 0.15) is 5.56 Å². The molecule has 0 unspecified atom stereocenters. The van der Waals surface area contributed by atoms with Crippen LogP contribution in [0.5, 0.6) is 0 Å². The van der Waals surface area contributed by atoms with E-state index in [1.165, 1.54) is 11.3 Å². The number of aliphatic imine (C=N–C) groups is 1. The molecule has 14 heavy (non-hydrogen) atoms. The van der Waals surface area contributed by atoms with Crippen molar-refractivity contribution >= 4 is 11.6 Å². The van der Waals surface area contributed by atoms with E-state index in [0.29, 0.717) is 0 Å². The van der Waals surface area contributed by atoms with E-state index in [1.54, 1.807) is 0 Å². The summed E-state index contributed by atoms with van der Waals surface area (Å²) < 4.78 is 0. The van der Waals surface area contributed by atoms with Gasteiger partial charge in [0, 0.05) is 12.2 Å². The van der Waals surface area contributed by atoms with Gasteiger partial charge in [-0.25, -0.2) is 10.8 Å². The van der Waals surface area contributed by atoms with Crippen molar-refractivity contribution in [3.05, 3.63) is 29.8 Å². The quantitative estimate of drug-likeness (QED) is 0.504. The standard InChI is InChI=1S/C10H14N4/c1-8-4-2-3-5-9(8)14-7-6-12-10(14)13-11/h2-5H,6-7,11H2,1H3,(H,12,13). The highest BCUT2D eigenvalue weighted by molar-refractivity contribution is 5.97. The zero-order valence-corrected chi connectivity index (χ0v) is 8.20. The number of hydrogen-bond acceptors (Lipinski definition) is 4. The molecule has 3 N–H and O–H groups in total. The zero-order chi connectivity index (χ0) is 9.97. The Morgan fingerprint density at radius 3 is 2.93 bits per heavy atom. The van der Waals surface area contributed by atoms with Crippen molar-refractivity contribution in [1.82, 2.24) is 5.43 Å². The topological polar surface area (TPSA) is 53.6 Å². The Kier molecular flexibility index (Phi) is 2.37. The summed E-state index contributed by atoms with van der Waals surface area (Å²) in [6.07, 6.45) is 0. The van der Waals surface area contributed by atoms with E-state index in [0.717, 1.165) is 19.0 Å². The molecule has 0 aliphatic carbocycles. The molecule has 1 aromatic rings. The number of nitrogens with two attached hydrogens (primary N) is 1. The van der Waals surface area contributed by atoms with Gasteiger partial charge in [-0.15, -0.1) is 0 Å². The minimum Gasteiger partial charge on any atom is -0.310 e. The molecule has 0 radical (unpaired) electrons. The highest BCUT2D eigenvalue weighted by Crippen LogP contribution is 2.20. The number of para-hydroxylation sites is 1. The van der Waals surface area contributed by atoms with E-state index in [-0.39, 0.29) is 0 Å². The van der Waals surface area contributed by atoms with Gasteiger partial charge in [0.05, 0.1) is 6.54 Å². The van der Waals surface area contributed by atoms with Crippen LogP contribution in [0, 0.1) is 6.92 Å². The van der Waals surface area contributed by atoms with Crippen LogP contribution < -0.4 is 16.2 Å². The first-order chi connectivity index (χ1) is 6.83. The van der Waals surface area contributed by atoms with E-state index in [9.17, 15) is 0 Å². The van der Waals surface area contributed by atoms with Gasteiger partial charge >= 0.3 is 0 Å². The van der Waals surface area contributed by atoms with E-state index >= 15 is 0 Å². The second-order valence-corrected chi connectivity index (χ2v) is 3.29. The molecule has 0 fully saturated rings. The predicted octanol–water partition coefficient (Wildman–Crippen LogP) is 0.634. The first-order valence-corrected chi connectivity index (χ1v) is 4.67. The number of guanidine groups is 1. The summed E-state index contributed by atoms with van der Waals surface area (Å²) in [7, 11) is 0. The fourth-order valence-electron chi connectivity index (χ4n) is 1.67. The third-order valence-electron chi connectivity index (χ3n) is 2.38. The molecule has 74 valence electrons. The van der Waals surface area contributed by atoms with E-state index in [1.807, 2.05) is 12.1 Å². The van der Waals surface area contributed by atoms with Crippen molar-refractivity contribution in [3.8, 4) is 0 Å². The molecule has 0 saturated heterocycles. The number of aryl methyl sites for hydroxylation is 1. The van der Waals surface area contributed by atoms with Crippen LogP contribution >= 0.6 is 0 Å². The number of hydrogen-bond donors (Lipinski definition) is 2. The van der Waals surface area contributed by atoms with Crippen LogP contribution in [-0.2, 0) is 0 Å². The summed E-state index contributed by atoms with van der Waals surface area (Å²) in [4.78, 5) is 6.35. The Bertz CT molecular complexity index is 359. The van der Waals surface area contributed by atoms with Crippen molar-refractivity contribution in [3.63, 3.8) is 0 Å². The van der Waals surface area contributed by atoms with Gasteiger partial charge in [-0.1, -0.05) is 18.2 Å². The van der Waals surface area contributed by atoms with E-state index in [2.05, 4.69) is 34.4 Å². The molecule has 0 aromatic heterocycles. The highest BCUT2D eigenvalue weighted by Gasteiger charge is 2.18. The van der Waals surface area contributed by atoms with Crippen LogP contribution in [-0.4, -0.2) is 19.0 Å². The van der Waals surface area contributed by atoms with Crippen molar-refractivity contribution in [2.24, 2.45) is 10.8 Å². The van der Waals surface area contributed by atoms with E-state index in [4.69, 9.17) is 5.84 Å². The number of anilines is 1. The monoisotopic (exact) mass is 190 g/mol. The molecular weight excluding hydrogens is 176 g/mol. The van der Waals surface area contributed by atoms with Gasteiger partial charge in [0.1, 0.15) is 0 Å². The lowest BCUT2D eigenvalue weighted by atomic mass is 10.2. The molecule has 4 nitrogen and oxygen atoms in total. The minimum absolute atomic E-state index is 0.749. The first-order valence-electron chi connectivity index (χ1n) is 4.67. The lowest BCUT2D eigenvalue weighted by Gasteiger charge is -2.21. The highest BCUT2D eigenvalue weighted by atomic mass is 15.4. The lowest BCUT2D eigenvalue weighted by molar-refractivity contribution is 0.972. The number of rotatable bonds is 1. The molecule has 1 aromatic carbocycles. The summed E-state index contributed by atoms with van der Waals surface area (Å²) in [5.41, 5.74) is 5.02. The van der Waals surface area contributed by atoms with Crippen molar-refractivity contribution < 1.29 is 0 Å². The molecule has 1 aliphatic rings. The Labute approximate surface area is 83.4 Å². The molecule has 1 aliphatic heterocycles. The molecule has 0 atom stereocenters. The van der Waals surface area contributed by atoms with Gasteiger partial charge in [0.15, 0.2) is 0 Å². The first kappa shape index (κ1) is 9.02.